The number of aromatic amines is 1. The minimum atomic E-state index is -0.247. The number of nitrogens with one attached hydrogen (secondary N) is 2. The standard InChI is InChI=1S/C18H24N4O2/c1-12-6-8-14(9-7-12)22-17(23)10-16(21-22)18(24)20-15-5-3-2-4-13(15)11-19/h6-10,13,15,21H,2-5,11,19H2,1H3,(H,20,24). The summed E-state index contributed by atoms with van der Waals surface area (Å²) in [5.74, 6) is 0.0666. The molecule has 1 aliphatic rings. The second kappa shape index (κ2) is 7.05. The number of hydrogen-bond donors (Lipinski definition) is 3. The molecule has 1 heterocycles. The molecular formula is C18H24N4O2. The van der Waals surface area contributed by atoms with Crippen LogP contribution in [0.4, 0.5) is 0 Å². The van der Waals surface area contributed by atoms with Gasteiger partial charge >= 0.3 is 0 Å². The van der Waals surface area contributed by atoms with Gasteiger partial charge in [-0.15, -0.1) is 0 Å². The summed E-state index contributed by atoms with van der Waals surface area (Å²) < 4.78 is 1.38. The summed E-state index contributed by atoms with van der Waals surface area (Å²) in [6, 6.07) is 8.98. The van der Waals surface area contributed by atoms with E-state index in [-0.39, 0.29) is 23.2 Å². The molecule has 6 nitrogen and oxygen atoms in total. The van der Waals surface area contributed by atoms with E-state index in [1.54, 1.807) is 0 Å². The van der Waals surface area contributed by atoms with E-state index in [4.69, 9.17) is 5.73 Å². The van der Waals surface area contributed by atoms with Gasteiger partial charge < -0.3 is 11.1 Å². The van der Waals surface area contributed by atoms with Crippen molar-refractivity contribution in [3.63, 3.8) is 0 Å². The number of H-pyrrole nitrogens is 1. The highest BCUT2D eigenvalue weighted by Crippen LogP contribution is 2.23. The smallest absolute Gasteiger partial charge is 0.271 e. The molecule has 1 amide bonds. The molecule has 1 aromatic carbocycles. The second-order valence-corrected chi connectivity index (χ2v) is 6.54. The molecule has 24 heavy (non-hydrogen) atoms. The first-order chi connectivity index (χ1) is 11.6. The molecule has 4 N–H and O–H groups in total. The predicted octanol–water partition coefficient (Wildman–Crippen LogP) is 1.72. The van der Waals surface area contributed by atoms with Crippen LogP contribution in [-0.2, 0) is 0 Å². The van der Waals surface area contributed by atoms with Crippen molar-refractivity contribution in [3.05, 3.63) is 51.9 Å². The van der Waals surface area contributed by atoms with Gasteiger partial charge in [-0.1, -0.05) is 30.5 Å². The molecule has 1 fully saturated rings. The molecule has 3 rings (SSSR count). The Labute approximate surface area is 141 Å². The highest BCUT2D eigenvalue weighted by Gasteiger charge is 2.26. The highest BCUT2D eigenvalue weighted by molar-refractivity contribution is 5.92. The minimum Gasteiger partial charge on any atom is -0.348 e. The molecule has 2 atom stereocenters. The van der Waals surface area contributed by atoms with Gasteiger partial charge in [-0.2, -0.15) is 0 Å². The molecule has 1 saturated carbocycles. The van der Waals surface area contributed by atoms with Crippen LogP contribution in [0.3, 0.4) is 0 Å². The first kappa shape index (κ1) is 16.5. The summed E-state index contributed by atoms with van der Waals surface area (Å²) in [6.45, 7) is 2.56. The van der Waals surface area contributed by atoms with Crippen molar-refractivity contribution in [2.45, 2.75) is 38.6 Å². The molecule has 1 aliphatic carbocycles. The average molecular weight is 328 g/mol. The van der Waals surface area contributed by atoms with Gasteiger partial charge in [-0.25, -0.2) is 4.68 Å². The summed E-state index contributed by atoms with van der Waals surface area (Å²) in [5, 5.41) is 5.94. The monoisotopic (exact) mass is 328 g/mol. The first-order valence-electron chi connectivity index (χ1n) is 8.48. The number of carbonyl (C=O) groups excluding carboxylic acids is 1. The Morgan fingerprint density at radius 2 is 2.00 bits per heavy atom. The van der Waals surface area contributed by atoms with Gasteiger partial charge in [-0.05, 0) is 44.4 Å². The molecule has 1 aromatic heterocycles. The first-order valence-corrected chi connectivity index (χ1v) is 8.48. The SMILES string of the molecule is Cc1ccc(-n2[nH]c(C(=O)NC3CCCCC3CN)cc2=O)cc1. The van der Waals surface area contributed by atoms with Gasteiger partial charge in [0.2, 0.25) is 0 Å². The van der Waals surface area contributed by atoms with Crippen molar-refractivity contribution >= 4 is 5.91 Å². The number of hydrogen-bond acceptors (Lipinski definition) is 3. The Balaban J connectivity index is 1.77. The van der Waals surface area contributed by atoms with Crippen LogP contribution in [0.5, 0.6) is 0 Å². The fraction of sp³-hybridized carbons (Fsp3) is 0.444. The molecule has 2 aromatic rings. The number of nitrogens with two attached hydrogens (primary N) is 1. The van der Waals surface area contributed by atoms with Crippen LogP contribution in [0.25, 0.3) is 5.69 Å². The Kier molecular flexibility index (Phi) is 4.85. The van der Waals surface area contributed by atoms with E-state index < -0.39 is 0 Å². The quantitative estimate of drug-likeness (QED) is 0.798. The number of nitrogens with zero attached hydrogens (tertiary/aromatic N) is 1. The number of carbonyl (C=O) groups is 1. The van der Waals surface area contributed by atoms with Crippen LogP contribution in [-0.4, -0.2) is 28.3 Å². The lowest BCUT2D eigenvalue weighted by Gasteiger charge is -2.31. The van der Waals surface area contributed by atoms with E-state index in [0.717, 1.165) is 31.2 Å². The lowest BCUT2D eigenvalue weighted by atomic mass is 9.84. The molecule has 6 heteroatoms. The van der Waals surface area contributed by atoms with Crippen LogP contribution < -0.4 is 16.6 Å². The molecule has 128 valence electrons. The third-order valence-corrected chi connectivity index (χ3v) is 4.79. The Morgan fingerprint density at radius 1 is 1.29 bits per heavy atom. The normalized spacial score (nSPS) is 20.8. The summed E-state index contributed by atoms with van der Waals surface area (Å²) in [5.41, 5.74) is 7.67. The zero-order valence-electron chi connectivity index (χ0n) is 13.9. The van der Waals surface area contributed by atoms with Crippen LogP contribution in [0.1, 0.15) is 41.7 Å². The zero-order valence-corrected chi connectivity index (χ0v) is 13.9. The van der Waals surface area contributed by atoms with Gasteiger partial charge in [0.15, 0.2) is 0 Å². The summed E-state index contributed by atoms with van der Waals surface area (Å²) in [4.78, 5) is 24.7. The maximum absolute atomic E-state index is 12.5. The summed E-state index contributed by atoms with van der Waals surface area (Å²) >= 11 is 0. The van der Waals surface area contributed by atoms with E-state index in [1.807, 2.05) is 31.2 Å². The lowest BCUT2D eigenvalue weighted by molar-refractivity contribution is 0.0902. The topological polar surface area (TPSA) is 92.9 Å². The van der Waals surface area contributed by atoms with Crippen molar-refractivity contribution in [1.82, 2.24) is 15.1 Å². The molecule has 2 unspecified atom stereocenters. The van der Waals surface area contributed by atoms with E-state index in [1.165, 1.54) is 10.7 Å². The zero-order chi connectivity index (χ0) is 17.1. The van der Waals surface area contributed by atoms with Gasteiger partial charge in [-0.3, -0.25) is 14.7 Å². The Hall–Kier alpha value is -2.34. The number of aryl methyl sites for hydroxylation is 1. The maximum atomic E-state index is 12.5. The van der Waals surface area contributed by atoms with Crippen LogP contribution in [0.2, 0.25) is 0 Å². The molecule has 0 radical (unpaired) electrons. The fourth-order valence-electron chi connectivity index (χ4n) is 3.32. The predicted molar refractivity (Wildman–Crippen MR) is 93.4 cm³/mol. The minimum absolute atomic E-state index is 0.0856. The average Bonchev–Trinajstić information content (AvgIpc) is 2.98. The highest BCUT2D eigenvalue weighted by atomic mass is 16.2. The van der Waals surface area contributed by atoms with Gasteiger partial charge in [0.05, 0.1) is 5.69 Å². The molecule has 0 aliphatic heterocycles. The van der Waals surface area contributed by atoms with Crippen molar-refractivity contribution in [3.8, 4) is 5.69 Å². The lowest BCUT2D eigenvalue weighted by Crippen LogP contribution is -2.44. The van der Waals surface area contributed by atoms with Crippen molar-refractivity contribution in [2.24, 2.45) is 11.7 Å². The number of rotatable bonds is 4. The fourth-order valence-corrected chi connectivity index (χ4v) is 3.32. The van der Waals surface area contributed by atoms with Gasteiger partial charge in [0.1, 0.15) is 5.69 Å². The second-order valence-electron chi connectivity index (χ2n) is 6.54. The van der Waals surface area contributed by atoms with Crippen molar-refractivity contribution in [2.75, 3.05) is 6.54 Å². The Morgan fingerprint density at radius 3 is 2.71 bits per heavy atom. The number of amides is 1. The number of aromatic nitrogens is 2. The third kappa shape index (κ3) is 3.43. The van der Waals surface area contributed by atoms with Gasteiger partial charge in [0.25, 0.3) is 11.5 Å². The van der Waals surface area contributed by atoms with Crippen LogP contribution in [0.15, 0.2) is 35.1 Å². The molecule has 0 spiro atoms. The Bertz CT molecular complexity index is 760. The molecule has 0 saturated heterocycles. The van der Waals surface area contributed by atoms with Crippen LogP contribution in [0, 0.1) is 12.8 Å². The molecule has 0 bridgehead atoms. The number of benzene rings is 1. The third-order valence-electron chi connectivity index (χ3n) is 4.79. The van der Waals surface area contributed by atoms with E-state index in [9.17, 15) is 9.59 Å². The van der Waals surface area contributed by atoms with E-state index in [0.29, 0.717) is 18.2 Å². The largest absolute Gasteiger partial charge is 0.348 e. The van der Waals surface area contributed by atoms with Crippen molar-refractivity contribution in [1.29, 1.82) is 0 Å². The maximum Gasteiger partial charge on any atom is 0.271 e. The summed E-state index contributed by atoms with van der Waals surface area (Å²) in [7, 11) is 0. The summed E-state index contributed by atoms with van der Waals surface area (Å²) in [6.07, 6.45) is 4.25. The van der Waals surface area contributed by atoms with E-state index >= 15 is 0 Å². The van der Waals surface area contributed by atoms with Gasteiger partial charge in [0, 0.05) is 12.1 Å². The molecular weight excluding hydrogens is 304 g/mol. The van der Waals surface area contributed by atoms with Crippen molar-refractivity contribution < 1.29 is 4.79 Å². The van der Waals surface area contributed by atoms with E-state index in [2.05, 4.69) is 10.4 Å². The van der Waals surface area contributed by atoms with Crippen LogP contribution >= 0.6 is 0 Å².